The largest absolute Gasteiger partial charge is 0.496 e. The lowest BCUT2D eigenvalue weighted by Gasteiger charge is -2.16. The number of halogens is 2. The van der Waals surface area contributed by atoms with Gasteiger partial charge in [-0.05, 0) is 53.9 Å². The molecule has 0 aliphatic rings. The number of methoxy groups -OCH3 is 1. The molecule has 0 fully saturated rings. The molecule has 0 radical (unpaired) electrons. The maximum Gasteiger partial charge on any atom is 0.251 e. The number of hydrogen-bond donors (Lipinski definition) is 1. The van der Waals surface area contributed by atoms with Gasteiger partial charge in [-0.15, -0.1) is 0 Å². The van der Waals surface area contributed by atoms with Crippen molar-refractivity contribution in [2.75, 3.05) is 13.4 Å². The van der Waals surface area contributed by atoms with E-state index in [0.29, 0.717) is 5.75 Å². The Labute approximate surface area is 209 Å². The van der Waals surface area contributed by atoms with Gasteiger partial charge in [-0.2, -0.15) is 0 Å². The Morgan fingerprint density at radius 1 is 1.00 bits per heavy atom. The minimum absolute atomic E-state index is 0.192. The molecule has 3 aromatic carbocycles. The van der Waals surface area contributed by atoms with Crippen molar-refractivity contribution in [3.8, 4) is 17.2 Å². The molecule has 6 nitrogen and oxygen atoms in total. The van der Waals surface area contributed by atoms with Gasteiger partial charge in [0.15, 0.2) is 15.6 Å². The highest BCUT2D eigenvalue weighted by atomic mass is 35.5. The Morgan fingerprint density at radius 3 is 2.15 bits per heavy atom. The van der Waals surface area contributed by atoms with E-state index in [1.165, 1.54) is 24.3 Å². The molecule has 0 aromatic heterocycles. The molecule has 0 aliphatic heterocycles. The van der Waals surface area contributed by atoms with E-state index >= 15 is 0 Å². The van der Waals surface area contributed by atoms with Gasteiger partial charge in [-0.3, -0.25) is 4.79 Å². The summed E-state index contributed by atoms with van der Waals surface area (Å²) >= 11 is 12.8. The summed E-state index contributed by atoms with van der Waals surface area (Å²) in [5.74, 6) is 1.39. The molecular formula is C25H25Cl2NO5S. The number of nitrogens with one attached hydrogen (secondary N) is 1. The first-order valence-electron chi connectivity index (χ1n) is 10.4. The summed E-state index contributed by atoms with van der Waals surface area (Å²) in [6, 6.07) is 14.7. The van der Waals surface area contributed by atoms with E-state index in [1.54, 1.807) is 25.3 Å². The molecule has 1 amide bonds. The maximum absolute atomic E-state index is 12.6. The summed E-state index contributed by atoms with van der Waals surface area (Å²) in [5, 5.41) is 3.15. The zero-order chi connectivity index (χ0) is 25.0. The molecular weight excluding hydrogens is 497 g/mol. The van der Waals surface area contributed by atoms with Crippen molar-refractivity contribution in [3.63, 3.8) is 0 Å². The summed E-state index contributed by atoms with van der Waals surface area (Å²) < 4.78 is 34.5. The Balaban J connectivity index is 1.73. The summed E-state index contributed by atoms with van der Waals surface area (Å²) in [5.41, 5.74) is 2.00. The lowest BCUT2D eigenvalue weighted by molar-refractivity contribution is 0.0951. The van der Waals surface area contributed by atoms with Crippen LogP contribution in [0.5, 0.6) is 17.2 Å². The van der Waals surface area contributed by atoms with E-state index in [0.717, 1.165) is 23.1 Å². The van der Waals surface area contributed by atoms with Crippen LogP contribution in [0, 0.1) is 0 Å². The van der Waals surface area contributed by atoms with E-state index in [1.807, 2.05) is 12.1 Å². The summed E-state index contributed by atoms with van der Waals surface area (Å²) in [6.07, 6.45) is 1.14. The van der Waals surface area contributed by atoms with Gasteiger partial charge in [-0.25, -0.2) is 8.42 Å². The molecule has 0 saturated heterocycles. The fourth-order valence-electron chi connectivity index (χ4n) is 3.27. The molecule has 0 heterocycles. The van der Waals surface area contributed by atoms with Crippen LogP contribution in [0.4, 0.5) is 0 Å². The number of rotatable bonds is 8. The first-order chi connectivity index (χ1) is 16.0. The Morgan fingerprint density at radius 2 is 1.62 bits per heavy atom. The van der Waals surface area contributed by atoms with Gasteiger partial charge in [0.05, 0.1) is 22.1 Å². The second-order valence-corrected chi connectivity index (χ2v) is 10.9. The van der Waals surface area contributed by atoms with Gasteiger partial charge < -0.3 is 14.8 Å². The summed E-state index contributed by atoms with van der Waals surface area (Å²) in [4.78, 5) is 12.8. The van der Waals surface area contributed by atoms with Gasteiger partial charge >= 0.3 is 0 Å². The van der Waals surface area contributed by atoms with E-state index in [9.17, 15) is 13.2 Å². The fourth-order valence-corrected chi connectivity index (χ4v) is 4.47. The molecule has 0 bridgehead atoms. The van der Waals surface area contributed by atoms with E-state index < -0.39 is 9.84 Å². The Kier molecular flexibility index (Phi) is 8.13. The Hall–Kier alpha value is -2.74. The zero-order valence-corrected chi connectivity index (χ0v) is 21.5. The van der Waals surface area contributed by atoms with Crippen LogP contribution in [-0.2, 0) is 16.4 Å². The molecule has 0 spiro atoms. The average molecular weight is 522 g/mol. The van der Waals surface area contributed by atoms with Gasteiger partial charge in [0, 0.05) is 23.9 Å². The van der Waals surface area contributed by atoms with Crippen molar-refractivity contribution < 1.29 is 22.7 Å². The smallest absolute Gasteiger partial charge is 0.251 e. The number of ether oxygens (including phenoxy) is 2. The van der Waals surface area contributed by atoms with Gasteiger partial charge in [0.2, 0.25) is 0 Å². The number of carbonyl (C=O) groups excluding carboxylic acids is 1. The van der Waals surface area contributed by atoms with Crippen LogP contribution in [0.15, 0.2) is 59.5 Å². The molecule has 0 saturated carbocycles. The predicted molar refractivity (Wildman–Crippen MR) is 134 cm³/mol. The number of sulfone groups is 1. The molecule has 3 rings (SSSR count). The van der Waals surface area contributed by atoms with Gasteiger partial charge in [0.25, 0.3) is 5.91 Å². The number of hydrogen-bond acceptors (Lipinski definition) is 5. The number of benzene rings is 3. The highest BCUT2D eigenvalue weighted by molar-refractivity contribution is 7.90. The summed E-state index contributed by atoms with van der Waals surface area (Å²) in [7, 11) is -1.66. The number of carbonyl (C=O) groups is 1. The monoisotopic (exact) mass is 521 g/mol. The predicted octanol–water partition coefficient (Wildman–Crippen LogP) is 6.25. The topological polar surface area (TPSA) is 81.7 Å². The minimum Gasteiger partial charge on any atom is -0.496 e. The normalized spacial score (nSPS) is 11.4. The minimum atomic E-state index is -3.28. The van der Waals surface area contributed by atoms with Crippen molar-refractivity contribution in [2.24, 2.45) is 0 Å². The fraction of sp³-hybridized carbons (Fsp3) is 0.240. The molecule has 0 aliphatic carbocycles. The van der Waals surface area contributed by atoms with E-state index in [-0.39, 0.29) is 44.6 Å². The second kappa shape index (κ2) is 10.7. The van der Waals surface area contributed by atoms with E-state index in [2.05, 4.69) is 19.2 Å². The quantitative estimate of drug-likeness (QED) is 0.378. The van der Waals surface area contributed by atoms with Gasteiger partial charge in [0.1, 0.15) is 11.5 Å². The van der Waals surface area contributed by atoms with Crippen molar-refractivity contribution in [3.05, 3.63) is 81.3 Å². The van der Waals surface area contributed by atoms with Crippen LogP contribution in [0.25, 0.3) is 0 Å². The third kappa shape index (κ3) is 6.23. The third-order valence-electron chi connectivity index (χ3n) is 5.11. The highest BCUT2D eigenvalue weighted by Crippen LogP contribution is 2.39. The lowest BCUT2D eigenvalue weighted by atomic mass is 10.0. The first kappa shape index (κ1) is 25.9. The molecule has 180 valence electrons. The molecule has 0 unspecified atom stereocenters. The van der Waals surface area contributed by atoms with Crippen LogP contribution in [-0.4, -0.2) is 27.7 Å². The molecule has 34 heavy (non-hydrogen) atoms. The van der Waals surface area contributed by atoms with E-state index in [4.69, 9.17) is 32.7 Å². The van der Waals surface area contributed by atoms with Crippen LogP contribution in [0.3, 0.4) is 0 Å². The average Bonchev–Trinajstić information content (AvgIpc) is 2.79. The van der Waals surface area contributed by atoms with Crippen LogP contribution < -0.4 is 14.8 Å². The third-order valence-corrected chi connectivity index (χ3v) is 6.80. The molecule has 0 atom stereocenters. The van der Waals surface area contributed by atoms with Crippen LogP contribution >= 0.6 is 23.2 Å². The first-order valence-corrected chi connectivity index (χ1v) is 13.1. The molecule has 3 aromatic rings. The Bertz CT molecular complexity index is 1280. The zero-order valence-electron chi connectivity index (χ0n) is 19.2. The maximum atomic E-state index is 12.6. The molecule has 1 N–H and O–H groups in total. The SMILES string of the molecule is COc1ccc(Oc2c(Cl)cc(C(=O)NCc3ccc(S(C)(=O)=O)cc3)cc2Cl)cc1C(C)C. The molecule has 9 heteroatoms. The second-order valence-electron chi connectivity index (χ2n) is 8.03. The standard InChI is InChI=1S/C25H25Cl2NO5S/c1-15(2)20-13-18(7-10-23(20)32-3)33-24-21(26)11-17(12-22(24)27)25(29)28-14-16-5-8-19(9-6-16)34(4,30)31/h5-13,15H,14H2,1-4H3,(H,28,29). The van der Waals surface area contributed by atoms with Crippen molar-refractivity contribution in [1.82, 2.24) is 5.32 Å². The highest BCUT2D eigenvalue weighted by Gasteiger charge is 2.17. The number of amides is 1. The van der Waals surface area contributed by atoms with Gasteiger partial charge in [-0.1, -0.05) is 49.2 Å². The van der Waals surface area contributed by atoms with Crippen LogP contribution in [0.1, 0.15) is 41.3 Å². The summed E-state index contributed by atoms with van der Waals surface area (Å²) in [6.45, 7) is 4.31. The lowest BCUT2D eigenvalue weighted by Crippen LogP contribution is -2.22. The van der Waals surface area contributed by atoms with Crippen molar-refractivity contribution in [1.29, 1.82) is 0 Å². The van der Waals surface area contributed by atoms with Crippen LogP contribution in [0.2, 0.25) is 10.0 Å². The van der Waals surface area contributed by atoms with Crippen molar-refractivity contribution in [2.45, 2.75) is 31.2 Å². The van der Waals surface area contributed by atoms with Crippen molar-refractivity contribution >= 4 is 38.9 Å².